The Balaban J connectivity index is 3.13. The summed E-state index contributed by atoms with van der Waals surface area (Å²) in [7, 11) is 1.89. The van der Waals surface area contributed by atoms with Gasteiger partial charge in [0.15, 0.2) is 0 Å². The Labute approximate surface area is 72.4 Å². The van der Waals surface area contributed by atoms with Crippen LogP contribution in [0.25, 0.3) is 0 Å². The summed E-state index contributed by atoms with van der Waals surface area (Å²) in [6.45, 7) is 4.16. The second kappa shape index (κ2) is 3.61. The quantitative estimate of drug-likeness (QED) is 0.724. The van der Waals surface area contributed by atoms with Crippen LogP contribution in [0.15, 0.2) is 4.79 Å². The standard InChI is InChI=1S/C9H16N2O/c1-4-6-7-8(5-2)11(3)10-9(7)12/h4-6H2,1-3H3,(H,10,12). The largest absolute Gasteiger partial charge is 0.292 e. The lowest BCUT2D eigenvalue weighted by Crippen LogP contribution is -2.06. The molecule has 0 unspecified atom stereocenters. The zero-order valence-corrected chi connectivity index (χ0v) is 7.98. The van der Waals surface area contributed by atoms with Crippen LogP contribution in [0.1, 0.15) is 31.5 Å². The molecule has 0 saturated heterocycles. The van der Waals surface area contributed by atoms with Crippen LogP contribution in [0.4, 0.5) is 0 Å². The molecule has 0 aliphatic rings. The molecule has 0 spiro atoms. The molecule has 3 heteroatoms. The van der Waals surface area contributed by atoms with Gasteiger partial charge in [-0.15, -0.1) is 0 Å². The fraction of sp³-hybridized carbons (Fsp3) is 0.667. The highest BCUT2D eigenvalue weighted by atomic mass is 16.1. The number of nitrogens with zero attached hydrogens (tertiary/aromatic N) is 1. The molecule has 68 valence electrons. The van der Waals surface area contributed by atoms with E-state index in [1.54, 1.807) is 0 Å². The molecule has 1 heterocycles. The summed E-state index contributed by atoms with van der Waals surface area (Å²) in [4.78, 5) is 11.3. The smallest absolute Gasteiger partial charge is 0.267 e. The van der Waals surface area contributed by atoms with E-state index in [-0.39, 0.29) is 5.56 Å². The Morgan fingerprint density at radius 3 is 2.58 bits per heavy atom. The molecular formula is C9H16N2O. The lowest BCUT2D eigenvalue weighted by molar-refractivity contribution is 0.707. The summed E-state index contributed by atoms with van der Waals surface area (Å²) in [5.74, 6) is 0. The first kappa shape index (κ1) is 9.10. The van der Waals surface area contributed by atoms with Gasteiger partial charge in [0.25, 0.3) is 5.56 Å². The minimum atomic E-state index is 0.0798. The molecule has 0 saturated carbocycles. The lowest BCUT2D eigenvalue weighted by atomic mass is 10.1. The molecule has 0 aliphatic heterocycles. The number of aromatic nitrogens is 2. The summed E-state index contributed by atoms with van der Waals surface area (Å²) in [5, 5.41) is 2.77. The average Bonchev–Trinajstić information content (AvgIpc) is 2.28. The molecule has 0 aliphatic carbocycles. The normalized spacial score (nSPS) is 10.6. The number of aryl methyl sites for hydroxylation is 1. The Bertz CT molecular complexity index is 309. The van der Waals surface area contributed by atoms with Gasteiger partial charge in [-0.1, -0.05) is 20.3 Å². The minimum Gasteiger partial charge on any atom is -0.292 e. The summed E-state index contributed by atoms with van der Waals surface area (Å²) in [6.07, 6.45) is 2.84. The number of hydrogen-bond acceptors (Lipinski definition) is 1. The van der Waals surface area contributed by atoms with E-state index in [1.807, 2.05) is 11.7 Å². The third-order valence-electron chi connectivity index (χ3n) is 2.13. The van der Waals surface area contributed by atoms with Gasteiger partial charge in [0.05, 0.1) is 0 Å². The van der Waals surface area contributed by atoms with Gasteiger partial charge < -0.3 is 0 Å². The van der Waals surface area contributed by atoms with Crippen LogP contribution < -0.4 is 5.56 Å². The Hall–Kier alpha value is -0.990. The topological polar surface area (TPSA) is 37.8 Å². The zero-order valence-electron chi connectivity index (χ0n) is 7.98. The van der Waals surface area contributed by atoms with Gasteiger partial charge >= 0.3 is 0 Å². The molecule has 0 bridgehead atoms. The van der Waals surface area contributed by atoms with E-state index in [2.05, 4.69) is 18.9 Å². The van der Waals surface area contributed by atoms with Gasteiger partial charge in [-0.25, -0.2) is 0 Å². The summed E-state index contributed by atoms with van der Waals surface area (Å²) < 4.78 is 1.83. The molecule has 1 rings (SSSR count). The second-order valence-corrected chi connectivity index (χ2v) is 3.03. The average molecular weight is 168 g/mol. The van der Waals surface area contributed by atoms with Gasteiger partial charge in [-0.05, 0) is 12.8 Å². The van der Waals surface area contributed by atoms with Crippen molar-refractivity contribution in [3.63, 3.8) is 0 Å². The van der Waals surface area contributed by atoms with Crippen molar-refractivity contribution in [3.05, 3.63) is 21.6 Å². The minimum absolute atomic E-state index is 0.0798. The first-order chi connectivity index (χ1) is 5.70. The Morgan fingerprint density at radius 2 is 2.08 bits per heavy atom. The highest BCUT2D eigenvalue weighted by Gasteiger charge is 2.08. The summed E-state index contributed by atoms with van der Waals surface area (Å²) >= 11 is 0. The number of H-pyrrole nitrogens is 1. The van der Waals surface area contributed by atoms with E-state index in [0.717, 1.165) is 30.5 Å². The molecule has 0 aromatic carbocycles. The van der Waals surface area contributed by atoms with E-state index in [0.29, 0.717) is 0 Å². The van der Waals surface area contributed by atoms with Gasteiger partial charge in [0.1, 0.15) is 0 Å². The molecule has 1 aromatic rings. The second-order valence-electron chi connectivity index (χ2n) is 3.03. The van der Waals surface area contributed by atoms with E-state index >= 15 is 0 Å². The first-order valence-corrected chi connectivity index (χ1v) is 4.47. The number of aromatic amines is 1. The maximum absolute atomic E-state index is 11.3. The molecule has 0 fully saturated rings. The van der Waals surface area contributed by atoms with E-state index in [4.69, 9.17) is 0 Å². The Kier molecular flexibility index (Phi) is 2.74. The third-order valence-corrected chi connectivity index (χ3v) is 2.13. The fourth-order valence-electron chi connectivity index (χ4n) is 1.58. The van der Waals surface area contributed by atoms with Crippen LogP contribution in [0.3, 0.4) is 0 Å². The van der Waals surface area contributed by atoms with Crippen molar-refractivity contribution in [1.82, 2.24) is 9.78 Å². The van der Waals surface area contributed by atoms with E-state index in [1.165, 1.54) is 0 Å². The fourth-order valence-corrected chi connectivity index (χ4v) is 1.58. The summed E-state index contributed by atoms with van der Waals surface area (Å²) in [5.41, 5.74) is 2.18. The summed E-state index contributed by atoms with van der Waals surface area (Å²) in [6, 6.07) is 0. The third kappa shape index (κ3) is 1.44. The number of hydrogen-bond donors (Lipinski definition) is 1. The first-order valence-electron chi connectivity index (χ1n) is 4.47. The van der Waals surface area contributed by atoms with Crippen LogP contribution in [-0.4, -0.2) is 9.78 Å². The SMILES string of the molecule is CCCc1c(CC)n(C)[nH]c1=O. The highest BCUT2D eigenvalue weighted by Crippen LogP contribution is 2.05. The van der Waals surface area contributed by atoms with Crippen molar-refractivity contribution in [3.8, 4) is 0 Å². The maximum atomic E-state index is 11.3. The van der Waals surface area contributed by atoms with Crippen LogP contribution in [0.5, 0.6) is 0 Å². The number of nitrogens with one attached hydrogen (secondary N) is 1. The predicted molar refractivity (Wildman–Crippen MR) is 49.4 cm³/mol. The Morgan fingerprint density at radius 1 is 1.42 bits per heavy atom. The number of rotatable bonds is 3. The van der Waals surface area contributed by atoms with Gasteiger partial charge in [0, 0.05) is 18.3 Å². The van der Waals surface area contributed by atoms with Crippen LogP contribution in [-0.2, 0) is 19.9 Å². The highest BCUT2D eigenvalue weighted by molar-refractivity contribution is 5.17. The molecule has 1 aromatic heterocycles. The molecule has 12 heavy (non-hydrogen) atoms. The van der Waals surface area contributed by atoms with Crippen molar-refractivity contribution in [1.29, 1.82) is 0 Å². The van der Waals surface area contributed by atoms with Gasteiger partial charge in [0.2, 0.25) is 0 Å². The van der Waals surface area contributed by atoms with Crippen molar-refractivity contribution >= 4 is 0 Å². The molecule has 3 nitrogen and oxygen atoms in total. The van der Waals surface area contributed by atoms with Crippen LogP contribution in [0, 0.1) is 0 Å². The molecular weight excluding hydrogens is 152 g/mol. The van der Waals surface area contributed by atoms with E-state index in [9.17, 15) is 4.79 Å². The maximum Gasteiger partial charge on any atom is 0.267 e. The van der Waals surface area contributed by atoms with Crippen molar-refractivity contribution in [2.45, 2.75) is 33.1 Å². The zero-order chi connectivity index (χ0) is 9.14. The molecule has 1 N–H and O–H groups in total. The predicted octanol–water partition coefficient (Wildman–Crippen LogP) is 1.23. The van der Waals surface area contributed by atoms with Crippen LogP contribution in [0.2, 0.25) is 0 Å². The van der Waals surface area contributed by atoms with Crippen LogP contribution >= 0.6 is 0 Å². The van der Waals surface area contributed by atoms with Gasteiger partial charge in [-0.2, -0.15) is 0 Å². The van der Waals surface area contributed by atoms with Crippen molar-refractivity contribution in [2.24, 2.45) is 7.05 Å². The monoisotopic (exact) mass is 168 g/mol. The van der Waals surface area contributed by atoms with Crippen molar-refractivity contribution < 1.29 is 0 Å². The molecule has 0 radical (unpaired) electrons. The van der Waals surface area contributed by atoms with Crippen molar-refractivity contribution in [2.75, 3.05) is 0 Å². The van der Waals surface area contributed by atoms with E-state index < -0.39 is 0 Å². The molecule has 0 amide bonds. The lowest BCUT2D eigenvalue weighted by Gasteiger charge is -2.00. The molecule has 0 atom stereocenters. The van der Waals surface area contributed by atoms with Gasteiger partial charge in [-0.3, -0.25) is 14.6 Å².